The highest BCUT2D eigenvalue weighted by Gasteiger charge is 2.48. The quantitative estimate of drug-likeness (QED) is 0.805. The van der Waals surface area contributed by atoms with Crippen molar-refractivity contribution in [1.29, 1.82) is 0 Å². The molecule has 3 rings (SSSR count). The molecule has 2 aliphatic heterocycles. The summed E-state index contributed by atoms with van der Waals surface area (Å²) in [7, 11) is 0. The van der Waals surface area contributed by atoms with Crippen LogP contribution in [-0.4, -0.2) is 34.9 Å². The molecule has 2 aliphatic rings. The minimum absolute atomic E-state index is 0.0297. The lowest BCUT2D eigenvalue weighted by Crippen LogP contribution is -2.45. The molecular weight excluding hydrogens is 276 g/mol. The van der Waals surface area contributed by atoms with Crippen molar-refractivity contribution in [3.05, 3.63) is 34.4 Å². The topological polar surface area (TPSA) is 40.6 Å². The average molecular weight is 300 g/mol. The predicted molar refractivity (Wildman–Crippen MR) is 85.3 cm³/mol. The van der Waals surface area contributed by atoms with Gasteiger partial charge in [-0.25, -0.2) is 0 Å². The maximum absolute atomic E-state index is 12.8. The Kier molecular flexibility index (Phi) is 3.94. The average Bonchev–Trinajstić information content (AvgIpc) is 2.78. The zero-order valence-corrected chi connectivity index (χ0v) is 13.7. The van der Waals surface area contributed by atoms with E-state index in [0.717, 1.165) is 42.4 Å². The van der Waals surface area contributed by atoms with Crippen LogP contribution < -0.4 is 0 Å². The van der Waals surface area contributed by atoms with E-state index in [2.05, 4.69) is 32.9 Å². The summed E-state index contributed by atoms with van der Waals surface area (Å²) in [6.07, 6.45) is 3.66. The Morgan fingerprint density at radius 2 is 1.41 bits per heavy atom. The zero-order valence-electron chi connectivity index (χ0n) is 13.7. The second-order valence-electron chi connectivity index (χ2n) is 6.27. The smallest absolute Gasteiger partial charge is 0.258 e. The Balaban J connectivity index is 2.10. The summed E-state index contributed by atoms with van der Waals surface area (Å²) in [5.41, 5.74) is 4.46. The molecule has 2 fully saturated rings. The van der Waals surface area contributed by atoms with Crippen LogP contribution in [0.3, 0.4) is 0 Å². The monoisotopic (exact) mass is 300 g/mol. The van der Waals surface area contributed by atoms with E-state index in [-0.39, 0.29) is 11.8 Å². The summed E-state index contributed by atoms with van der Waals surface area (Å²) in [5, 5.41) is 3.35. The van der Waals surface area contributed by atoms with Crippen LogP contribution in [0.2, 0.25) is 0 Å². The maximum Gasteiger partial charge on any atom is 0.258 e. The first-order valence-corrected chi connectivity index (χ1v) is 8.33. The predicted octanol–water partition coefficient (Wildman–Crippen LogP) is 2.58. The number of nitrogens with zero attached hydrogens (tertiary/aromatic N) is 2. The SMILES string of the molecule is CCc1cc(C)cc(CC)c1C1C(=O)N2CCCCN2C1=O. The van der Waals surface area contributed by atoms with Crippen molar-refractivity contribution in [3.63, 3.8) is 0 Å². The van der Waals surface area contributed by atoms with Crippen LogP contribution in [0, 0.1) is 6.92 Å². The van der Waals surface area contributed by atoms with Crippen LogP contribution >= 0.6 is 0 Å². The highest BCUT2D eigenvalue weighted by molar-refractivity contribution is 6.10. The Hall–Kier alpha value is -1.84. The van der Waals surface area contributed by atoms with Gasteiger partial charge >= 0.3 is 0 Å². The van der Waals surface area contributed by atoms with Gasteiger partial charge in [0, 0.05) is 13.1 Å². The molecule has 0 aromatic heterocycles. The summed E-state index contributed by atoms with van der Waals surface area (Å²) in [4.78, 5) is 25.7. The Bertz CT molecular complexity index is 575. The molecular formula is C18H24N2O2. The minimum Gasteiger partial charge on any atom is -0.272 e. The lowest BCUT2D eigenvalue weighted by molar-refractivity contribution is -0.150. The lowest BCUT2D eigenvalue weighted by Gasteiger charge is -2.31. The summed E-state index contributed by atoms with van der Waals surface area (Å²) < 4.78 is 0. The fourth-order valence-corrected chi connectivity index (χ4v) is 3.78. The van der Waals surface area contributed by atoms with Crippen molar-refractivity contribution < 1.29 is 9.59 Å². The fourth-order valence-electron chi connectivity index (χ4n) is 3.78. The number of hydrogen-bond donors (Lipinski definition) is 0. The number of benzene rings is 1. The molecule has 1 aromatic carbocycles. The van der Waals surface area contributed by atoms with Gasteiger partial charge in [0.25, 0.3) is 11.8 Å². The third-order valence-electron chi connectivity index (χ3n) is 4.83. The van der Waals surface area contributed by atoms with Gasteiger partial charge in [-0.2, -0.15) is 0 Å². The molecule has 118 valence electrons. The van der Waals surface area contributed by atoms with E-state index in [0.29, 0.717) is 13.1 Å². The summed E-state index contributed by atoms with van der Waals surface area (Å²) in [6.45, 7) is 7.61. The van der Waals surface area contributed by atoms with Crippen LogP contribution in [0.5, 0.6) is 0 Å². The van der Waals surface area contributed by atoms with Crippen molar-refractivity contribution in [2.75, 3.05) is 13.1 Å². The third-order valence-corrected chi connectivity index (χ3v) is 4.83. The van der Waals surface area contributed by atoms with Gasteiger partial charge in [-0.05, 0) is 49.3 Å². The summed E-state index contributed by atoms with van der Waals surface area (Å²) in [5.74, 6) is -0.681. The molecule has 2 saturated heterocycles. The first kappa shape index (κ1) is 15.1. The van der Waals surface area contributed by atoms with Gasteiger partial charge in [0.1, 0.15) is 5.92 Å². The number of fused-ring (bicyclic) bond motifs is 1. The highest BCUT2D eigenvalue weighted by Crippen LogP contribution is 2.36. The Morgan fingerprint density at radius 3 is 1.82 bits per heavy atom. The summed E-state index contributed by atoms with van der Waals surface area (Å²) in [6, 6.07) is 4.25. The van der Waals surface area contributed by atoms with Gasteiger partial charge in [-0.3, -0.25) is 19.6 Å². The Morgan fingerprint density at radius 1 is 0.955 bits per heavy atom. The van der Waals surface area contributed by atoms with Crippen LogP contribution in [0.15, 0.2) is 12.1 Å². The number of hydrogen-bond acceptors (Lipinski definition) is 2. The second kappa shape index (κ2) is 5.75. The standard InChI is InChI=1S/C18H24N2O2/c1-4-13-10-12(3)11-14(5-2)15(13)16-17(21)19-8-6-7-9-20(19)18(16)22/h10-11,16H,4-9H2,1-3H3. The van der Waals surface area contributed by atoms with E-state index in [9.17, 15) is 9.59 Å². The number of hydrazine groups is 1. The number of rotatable bonds is 3. The number of amides is 2. The second-order valence-corrected chi connectivity index (χ2v) is 6.27. The molecule has 0 unspecified atom stereocenters. The van der Waals surface area contributed by atoms with Crippen molar-refractivity contribution in [2.45, 2.75) is 52.4 Å². The van der Waals surface area contributed by atoms with Crippen molar-refractivity contribution in [1.82, 2.24) is 10.0 Å². The molecule has 22 heavy (non-hydrogen) atoms. The normalized spacial score (nSPS) is 19.0. The van der Waals surface area contributed by atoms with Crippen LogP contribution in [0.4, 0.5) is 0 Å². The van der Waals surface area contributed by atoms with E-state index in [1.54, 1.807) is 10.0 Å². The lowest BCUT2D eigenvalue weighted by atomic mass is 9.85. The molecule has 0 radical (unpaired) electrons. The van der Waals surface area contributed by atoms with E-state index >= 15 is 0 Å². The molecule has 2 heterocycles. The van der Waals surface area contributed by atoms with Gasteiger partial charge in [0.15, 0.2) is 0 Å². The minimum atomic E-state index is -0.622. The molecule has 1 aromatic rings. The molecule has 2 amide bonds. The van der Waals surface area contributed by atoms with E-state index in [1.165, 1.54) is 5.56 Å². The molecule has 0 spiro atoms. The van der Waals surface area contributed by atoms with Gasteiger partial charge in [-0.1, -0.05) is 31.5 Å². The number of carbonyl (C=O) groups excluding carboxylic acids is 2. The van der Waals surface area contributed by atoms with Gasteiger partial charge in [0.2, 0.25) is 0 Å². The van der Waals surface area contributed by atoms with E-state index < -0.39 is 5.92 Å². The molecule has 0 saturated carbocycles. The van der Waals surface area contributed by atoms with E-state index in [1.807, 2.05) is 0 Å². The van der Waals surface area contributed by atoms with Crippen molar-refractivity contribution >= 4 is 11.8 Å². The van der Waals surface area contributed by atoms with Crippen molar-refractivity contribution in [3.8, 4) is 0 Å². The third kappa shape index (κ3) is 2.21. The van der Waals surface area contributed by atoms with Crippen molar-refractivity contribution in [2.24, 2.45) is 0 Å². The fraction of sp³-hybridized carbons (Fsp3) is 0.556. The summed E-state index contributed by atoms with van der Waals surface area (Å²) >= 11 is 0. The molecule has 4 nitrogen and oxygen atoms in total. The number of aryl methyl sites for hydroxylation is 3. The molecule has 0 bridgehead atoms. The molecule has 0 atom stereocenters. The molecule has 4 heteroatoms. The largest absolute Gasteiger partial charge is 0.272 e. The molecule has 0 aliphatic carbocycles. The van der Waals surface area contributed by atoms with Gasteiger partial charge in [-0.15, -0.1) is 0 Å². The van der Waals surface area contributed by atoms with Gasteiger partial charge in [0.05, 0.1) is 0 Å². The number of carbonyl (C=O) groups is 2. The van der Waals surface area contributed by atoms with Crippen LogP contribution in [0.1, 0.15) is 54.9 Å². The van der Waals surface area contributed by atoms with Crippen LogP contribution in [-0.2, 0) is 22.4 Å². The maximum atomic E-state index is 12.8. The zero-order chi connectivity index (χ0) is 15.9. The molecule has 0 N–H and O–H groups in total. The van der Waals surface area contributed by atoms with Crippen LogP contribution in [0.25, 0.3) is 0 Å². The first-order valence-electron chi connectivity index (χ1n) is 8.33. The van der Waals surface area contributed by atoms with E-state index in [4.69, 9.17) is 0 Å². The highest BCUT2D eigenvalue weighted by atomic mass is 16.2. The van der Waals surface area contributed by atoms with Gasteiger partial charge < -0.3 is 0 Å². The Labute approximate surface area is 132 Å². The first-order chi connectivity index (χ1) is 10.6.